The number of nitrogens with zero attached hydrogens (tertiary/aromatic N) is 2. The first kappa shape index (κ1) is 15.6. The molecule has 0 aliphatic heterocycles. The quantitative estimate of drug-likeness (QED) is 0.880. The second-order valence-electron chi connectivity index (χ2n) is 5.24. The van der Waals surface area contributed by atoms with Crippen LogP contribution in [0.15, 0.2) is 47.1 Å². The number of aryl methyl sites for hydroxylation is 1. The molecule has 1 aromatic heterocycles. The summed E-state index contributed by atoms with van der Waals surface area (Å²) in [6.07, 6.45) is 1.99. The molecule has 5 heteroatoms. The van der Waals surface area contributed by atoms with Crippen LogP contribution in [0.25, 0.3) is 0 Å². The van der Waals surface area contributed by atoms with E-state index in [4.69, 9.17) is 0 Å². The van der Waals surface area contributed by atoms with Crippen molar-refractivity contribution in [2.24, 2.45) is 7.05 Å². The minimum Gasteiger partial charge on any atom is -0.353 e. The Hall–Kier alpha value is -1.75. The van der Waals surface area contributed by atoms with Crippen molar-refractivity contribution in [2.75, 3.05) is 5.32 Å². The normalized spacial score (nSPS) is 10.7. The van der Waals surface area contributed by atoms with Gasteiger partial charge in [0.25, 0.3) is 0 Å². The molecule has 0 bridgehead atoms. The molecule has 0 saturated carbocycles. The van der Waals surface area contributed by atoms with Gasteiger partial charge in [-0.05, 0) is 54.0 Å². The molecule has 2 rings (SSSR count). The number of hydrogen-bond acceptors (Lipinski definition) is 1. The first-order chi connectivity index (χ1) is 9.99. The summed E-state index contributed by atoms with van der Waals surface area (Å²) in [4.78, 5) is 14.3. The lowest BCUT2D eigenvalue weighted by molar-refractivity contribution is 0.192. The average molecular weight is 350 g/mol. The molecule has 2 amide bonds. The molecule has 0 atom stereocenters. The number of rotatable bonds is 4. The SMILES string of the molecule is CC(C)N(Cc1cccn1C)C(=O)Nc1ccccc1Br. The summed E-state index contributed by atoms with van der Waals surface area (Å²) in [5, 5.41) is 2.95. The fraction of sp³-hybridized carbons (Fsp3) is 0.312. The van der Waals surface area contributed by atoms with Crippen molar-refractivity contribution in [1.29, 1.82) is 0 Å². The van der Waals surface area contributed by atoms with E-state index in [1.54, 1.807) is 0 Å². The first-order valence-corrected chi connectivity index (χ1v) is 7.70. The van der Waals surface area contributed by atoms with E-state index in [1.165, 1.54) is 0 Å². The van der Waals surface area contributed by atoms with Crippen molar-refractivity contribution in [1.82, 2.24) is 9.47 Å². The standard InChI is InChI=1S/C16H20BrN3O/c1-12(2)20(11-13-7-6-10-19(13)3)16(21)18-15-9-5-4-8-14(15)17/h4-10,12H,11H2,1-3H3,(H,18,21). The van der Waals surface area contributed by atoms with Crippen molar-refractivity contribution in [3.8, 4) is 0 Å². The van der Waals surface area contributed by atoms with Gasteiger partial charge in [0, 0.05) is 29.5 Å². The lowest BCUT2D eigenvalue weighted by Gasteiger charge is -2.27. The Balaban J connectivity index is 2.13. The van der Waals surface area contributed by atoms with E-state index >= 15 is 0 Å². The number of carbonyl (C=O) groups is 1. The van der Waals surface area contributed by atoms with Crippen molar-refractivity contribution in [3.05, 3.63) is 52.8 Å². The van der Waals surface area contributed by atoms with Gasteiger partial charge >= 0.3 is 6.03 Å². The number of carbonyl (C=O) groups excluding carboxylic acids is 1. The molecule has 1 aromatic carbocycles. The summed E-state index contributed by atoms with van der Waals surface area (Å²) in [7, 11) is 1.99. The van der Waals surface area contributed by atoms with Gasteiger partial charge in [-0.2, -0.15) is 0 Å². The van der Waals surface area contributed by atoms with Crippen LogP contribution in [0, 0.1) is 0 Å². The summed E-state index contributed by atoms with van der Waals surface area (Å²) < 4.78 is 2.90. The third-order valence-electron chi connectivity index (χ3n) is 3.38. The Morgan fingerprint density at radius 2 is 2.00 bits per heavy atom. The molecule has 0 radical (unpaired) electrons. The second-order valence-corrected chi connectivity index (χ2v) is 6.10. The number of urea groups is 1. The number of nitrogens with one attached hydrogen (secondary N) is 1. The molecule has 0 aliphatic carbocycles. The van der Waals surface area contributed by atoms with E-state index in [-0.39, 0.29) is 12.1 Å². The van der Waals surface area contributed by atoms with Gasteiger partial charge in [0.05, 0.1) is 12.2 Å². The highest BCUT2D eigenvalue weighted by Crippen LogP contribution is 2.22. The zero-order valence-corrected chi connectivity index (χ0v) is 14.1. The maximum absolute atomic E-state index is 12.5. The highest BCUT2D eigenvalue weighted by atomic mass is 79.9. The van der Waals surface area contributed by atoms with Gasteiger partial charge in [0.2, 0.25) is 0 Å². The predicted molar refractivity (Wildman–Crippen MR) is 89.3 cm³/mol. The lowest BCUT2D eigenvalue weighted by atomic mass is 10.3. The van der Waals surface area contributed by atoms with Crippen LogP contribution in [0.1, 0.15) is 19.5 Å². The maximum Gasteiger partial charge on any atom is 0.322 e. The Bertz CT molecular complexity index is 621. The van der Waals surface area contributed by atoms with E-state index in [9.17, 15) is 4.79 Å². The van der Waals surface area contributed by atoms with Crippen LogP contribution in [0.3, 0.4) is 0 Å². The summed E-state index contributed by atoms with van der Waals surface area (Å²) in [6.45, 7) is 4.61. The topological polar surface area (TPSA) is 37.3 Å². The van der Waals surface area contributed by atoms with Crippen LogP contribution < -0.4 is 5.32 Å². The van der Waals surface area contributed by atoms with E-state index in [2.05, 4.69) is 21.2 Å². The molecule has 2 aromatic rings. The van der Waals surface area contributed by atoms with E-state index in [1.807, 2.05) is 73.0 Å². The summed E-state index contributed by atoms with van der Waals surface area (Å²) in [5.74, 6) is 0. The number of aromatic nitrogens is 1. The minimum absolute atomic E-state index is 0.0990. The summed E-state index contributed by atoms with van der Waals surface area (Å²) >= 11 is 3.45. The number of benzene rings is 1. The van der Waals surface area contributed by atoms with Crippen molar-refractivity contribution < 1.29 is 4.79 Å². The molecule has 21 heavy (non-hydrogen) atoms. The molecule has 1 heterocycles. The number of hydrogen-bond donors (Lipinski definition) is 1. The molecule has 0 aliphatic rings. The number of amides is 2. The Morgan fingerprint density at radius 1 is 1.29 bits per heavy atom. The van der Waals surface area contributed by atoms with Gasteiger partial charge in [0.1, 0.15) is 0 Å². The number of para-hydroxylation sites is 1. The summed E-state index contributed by atoms with van der Waals surface area (Å²) in [5.41, 5.74) is 1.88. The molecule has 0 fully saturated rings. The third-order valence-corrected chi connectivity index (χ3v) is 4.07. The van der Waals surface area contributed by atoms with Gasteiger partial charge in [-0.25, -0.2) is 4.79 Å². The Labute approximate surface area is 133 Å². The molecule has 0 saturated heterocycles. The average Bonchev–Trinajstić information content (AvgIpc) is 2.83. The molecule has 0 unspecified atom stereocenters. The van der Waals surface area contributed by atoms with Crippen LogP contribution in [-0.4, -0.2) is 21.5 Å². The first-order valence-electron chi connectivity index (χ1n) is 6.91. The molecule has 4 nitrogen and oxygen atoms in total. The minimum atomic E-state index is -0.0990. The third kappa shape index (κ3) is 3.88. The van der Waals surface area contributed by atoms with Crippen LogP contribution in [0.2, 0.25) is 0 Å². The molecule has 1 N–H and O–H groups in total. The smallest absolute Gasteiger partial charge is 0.322 e. The van der Waals surface area contributed by atoms with Gasteiger partial charge in [0.15, 0.2) is 0 Å². The van der Waals surface area contributed by atoms with Gasteiger partial charge in [-0.15, -0.1) is 0 Å². The largest absolute Gasteiger partial charge is 0.353 e. The Kier molecular flexibility index (Phi) is 5.07. The van der Waals surface area contributed by atoms with Crippen LogP contribution in [0.4, 0.5) is 10.5 Å². The van der Waals surface area contributed by atoms with E-state index < -0.39 is 0 Å². The zero-order chi connectivity index (χ0) is 15.4. The van der Waals surface area contributed by atoms with Crippen LogP contribution >= 0.6 is 15.9 Å². The van der Waals surface area contributed by atoms with Crippen molar-refractivity contribution >= 4 is 27.6 Å². The maximum atomic E-state index is 12.5. The van der Waals surface area contributed by atoms with Gasteiger partial charge in [-0.3, -0.25) is 0 Å². The molecular weight excluding hydrogens is 330 g/mol. The molecule has 0 spiro atoms. The van der Waals surface area contributed by atoms with E-state index in [0.717, 1.165) is 15.9 Å². The molecular formula is C16H20BrN3O. The molecule has 112 valence electrons. The second kappa shape index (κ2) is 6.80. The lowest BCUT2D eigenvalue weighted by Crippen LogP contribution is -2.40. The highest BCUT2D eigenvalue weighted by molar-refractivity contribution is 9.10. The highest BCUT2D eigenvalue weighted by Gasteiger charge is 2.19. The monoisotopic (exact) mass is 349 g/mol. The summed E-state index contributed by atoms with van der Waals surface area (Å²) in [6, 6.07) is 11.6. The van der Waals surface area contributed by atoms with Crippen LogP contribution in [0.5, 0.6) is 0 Å². The fourth-order valence-corrected chi connectivity index (χ4v) is 2.46. The van der Waals surface area contributed by atoms with Crippen LogP contribution in [-0.2, 0) is 13.6 Å². The number of anilines is 1. The Morgan fingerprint density at radius 3 is 2.57 bits per heavy atom. The van der Waals surface area contributed by atoms with Gasteiger partial charge < -0.3 is 14.8 Å². The number of halogens is 1. The van der Waals surface area contributed by atoms with E-state index in [0.29, 0.717) is 6.54 Å². The van der Waals surface area contributed by atoms with Crippen molar-refractivity contribution in [2.45, 2.75) is 26.4 Å². The zero-order valence-electron chi connectivity index (χ0n) is 12.5. The predicted octanol–water partition coefficient (Wildman–Crippen LogP) is 4.23. The van der Waals surface area contributed by atoms with Crippen molar-refractivity contribution in [3.63, 3.8) is 0 Å². The fourth-order valence-electron chi connectivity index (χ4n) is 2.07. The van der Waals surface area contributed by atoms with Gasteiger partial charge in [-0.1, -0.05) is 12.1 Å².